The van der Waals surface area contributed by atoms with Crippen LogP contribution >= 0.6 is 0 Å². The van der Waals surface area contributed by atoms with Crippen LogP contribution in [0.4, 0.5) is 20.4 Å². The number of alkyl halides is 2. The van der Waals surface area contributed by atoms with Crippen LogP contribution in [0.25, 0.3) is 0 Å². The van der Waals surface area contributed by atoms with Crippen LogP contribution in [-0.2, 0) is 0 Å². The van der Waals surface area contributed by atoms with Gasteiger partial charge in [-0.05, 0) is 19.8 Å². The third kappa shape index (κ3) is 2.81. The molecule has 2 rings (SSSR count). The maximum atomic E-state index is 12.2. The lowest BCUT2D eigenvalue weighted by molar-refractivity contribution is 0.163. The van der Waals surface area contributed by atoms with Gasteiger partial charge < -0.3 is 10.6 Å². The standard InChI is InChI=1S/C11H16F2N4/c1-6-9(14-2)16-11(7-3-4-7)17-10(6)15-5-8(12)13/h7-8H,3-5H2,1-2H3,(H2,14,15,16,17). The second-order valence-corrected chi connectivity index (χ2v) is 4.20. The highest BCUT2D eigenvalue weighted by Crippen LogP contribution is 2.39. The Bertz CT molecular complexity index is 405. The van der Waals surface area contributed by atoms with E-state index in [4.69, 9.17) is 0 Å². The second kappa shape index (κ2) is 4.81. The fourth-order valence-electron chi connectivity index (χ4n) is 1.65. The van der Waals surface area contributed by atoms with Crippen molar-refractivity contribution in [2.24, 2.45) is 0 Å². The van der Waals surface area contributed by atoms with E-state index < -0.39 is 6.43 Å². The zero-order valence-corrected chi connectivity index (χ0v) is 9.93. The van der Waals surface area contributed by atoms with Gasteiger partial charge in [0.05, 0.1) is 6.54 Å². The van der Waals surface area contributed by atoms with Gasteiger partial charge in [0, 0.05) is 18.5 Å². The summed E-state index contributed by atoms with van der Waals surface area (Å²) in [6.45, 7) is 1.43. The minimum Gasteiger partial charge on any atom is -0.373 e. The van der Waals surface area contributed by atoms with Gasteiger partial charge in [0.1, 0.15) is 17.5 Å². The molecule has 1 aliphatic carbocycles. The smallest absolute Gasteiger partial charge is 0.255 e. The quantitative estimate of drug-likeness (QED) is 0.832. The average molecular weight is 242 g/mol. The van der Waals surface area contributed by atoms with Crippen LogP contribution in [0.5, 0.6) is 0 Å². The zero-order chi connectivity index (χ0) is 12.4. The monoisotopic (exact) mass is 242 g/mol. The van der Waals surface area contributed by atoms with E-state index in [1.54, 1.807) is 7.05 Å². The maximum Gasteiger partial charge on any atom is 0.255 e. The average Bonchev–Trinajstić information content (AvgIpc) is 3.11. The molecule has 1 heterocycles. The number of anilines is 2. The maximum absolute atomic E-state index is 12.2. The molecule has 1 fully saturated rings. The molecular formula is C11H16F2N4. The van der Waals surface area contributed by atoms with Crippen molar-refractivity contribution in [1.82, 2.24) is 9.97 Å². The molecule has 1 aliphatic rings. The second-order valence-electron chi connectivity index (χ2n) is 4.20. The van der Waals surface area contributed by atoms with Crippen molar-refractivity contribution >= 4 is 11.6 Å². The van der Waals surface area contributed by atoms with Gasteiger partial charge in [-0.1, -0.05) is 0 Å². The normalized spacial score (nSPS) is 15.1. The molecule has 0 spiro atoms. The predicted octanol–water partition coefficient (Wildman–Crippen LogP) is 2.38. The highest BCUT2D eigenvalue weighted by atomic mass is 19.3. The molecule has 0 aliphatic heterocycles. The molecule has 0 unspecified atom stereocenters. The Balaban J connectivity index is 2.24. The summed E-state index contributed by atoms with van der Waals surface area (Å²) in [5.41, 5.74) is 0.776. The number of rotatable bonds is 5. The Labute approximate surface area is 98.9 Å². The number of nitrogens with one attached hydrogen (secondary N) is 2. The highest BCUT2D eigenvalue weighted by Gasteiger charge is 2.28. The van der Waals surface area contributed by atoms with E-state index in [1.165, 1.54) is 0 Å². The number of aromatic nitrogens is 2. The van der Waals surface area contributed by atoms with Crippen LogP contribution in [0, 0.1) is 6.92 Å². The van der Waals surface area contributed by atoms with E-state index in [-0.39, 0.29) is 6.54 Å². The van der Waals surface area contributed by atoms with Crippen molar-refractivity contribution in [1.29, 1.82) is 0 Å². The molecule has 0 bridgehead atoms. The van der Waals surface area contributed by atoms with Crippen molar-refractivity contribution in [2.45, 2.75) is 32.1 Å². The van der Waals surface area contributed by atoms with Crippen LogP contribution in [0.1, 0.15) is 30.1 Å². The number of hydrogen-bond donors (Lipinski definition) is 2. The Morgan fingerprint density at radius 2 is 1.94 bits per heavy atom. The first kappa shape index (κ1) is 12.0. The van der Waals surface area contributed by atoms with Gasteiger partial charge >= 0.3 is 0 Å². The Morgan fingerprint density at radius 3 is 2.47 bits per heavy atom. The highest BCUT2D eigenvalue weighted by molar-refractivity contribution is 5.57. The predicted molar refractivity (Wildman–Crippen MR) is 62.8 cm³/mol. The number of hydrogen-bond acceptors (Lipinski definition) is 4. The summed E-state index contributed by atoms with van der Waals surface area (Å²) in [4.78, 5) is 8.71. The number of nitrogens with zero attached hydrogens (tertiary/aromatic N) is 2. The van der Waals surface area contributed by atoms with Crippen LogP contribution in [0.2, 0.25) is 0 Å². The minimum absolute atomic E-state index is 0.384. The van der Waals surface area contributed by atoms with Crippen molar-refractivity contribution in [3.05, 3.63) is 11.4 Å². The van der Waals surface area contributed by atoms with E-state index in [1.807, 2.05) is 6.92 Å². The summed E-state index contributed by atoms with van der Waals surface area (Å²) in [6.07, 6.45) is -0.215. The van der Waals surface area contributed by atoms with Crippen LogP contribution in [0.15, 0.2) is 0 Å². The van der Waals surface area contributed by atoms with E-state index >= 15 is 0 Å². The summed E-state index contributed by atoms with van der Waals surface area (Å²) in [7, 11) is 1.77. The van der Waals surface area contributed by atoms with Gasteiger partial charge in [-0.15, -0.1) is 0 Å². The van der Waals surface area contributed by atoms with Gasteiger partial charge in [-0.3, -0.25) is 0 Å². The molecule has 1 saturated carbocycles. The molecule has 0 atom stereocenters. The molecule has 0 amide bonds. The summed E-state index contributed by atoms with van der Waals surface area (Å²) < 4.78 is 24.4. The van der Waals surface area contributed by atoms with Gasteiger partial charge in [0.25, 0.3) is 6.43 Å². The van der Waals surface area contributed by atoms with Gasteiger partial charge in [0.15, 0.2) is 0 Å². The van der Waals surface area contributed by atoms with Gasteiger partial charge in [-0.25, -0.2) is 18.7 Å². The van der Waals surface area contributed by atoms with Crippen molar-refractivity contribution in [2.75, 3.05) is 24.2 Å². The van der Waals surface area contributed by atoms with E-state index in [2.05, 4.69) is 20.6 Å². The summed E-state index contributed by atoms with van der Waals surface area (Å²) >= 11 is 0. The fraction of sp³-hybridized carbons (Fsp3) is 0.636. The molecule has 2 N–H and O–H groups in total. The minimum atomic E-state index is -2.38. The third-order valence-corrected chi connectivity index (χ3v) is 2.77. The lowest BCUT2D eigenvalue weighted by Crippen LogP contribution is -2.14. The summed E-state index contributed by atoms with van der Waals surface area (Å²) in [5, 5.41) is 5.64. The first-order valence-electron chi connectivity index (χ1n) is 5.70. The van der Waals surface area contributed by atoms with Crippen LogP contribution < -0.4 is 10.6 Å². The topological polar surface area (TPSA) is 49.8 Å². The summed E-state index contributed by atoms with van der Waals surface area (Å²) in [6, 6.07) is 0. The zero-order valence-electron chi connectivity index (χ0n) is 9.93. The molecule has 0 aromatic carbocycles. The molecule has 0 radical (unpaired) electrons. The van der Waals surface area contributed by atoms with Gasteiger partial charge in [0.2, 0.25) is 0 Å². The molecule has 1 aromatic heterocycles. The van der Waals surface area contributed by atoms with Crippen molar-refractivity contribution in [3.63, 3.8) is 0 Å². The Kier molecular flexibility index (Phi) is 3.40. The van der Waals surface area contributed by atoms with Crippen molar-refractivity contribution in [3.8, 4) is 0 Å². The van der Waals surface area contributed by atoms with E-state index in [0.717, 1.165) is 24.2 Å². The molecule has 4 nitrogen and oxygen atoms in total. The fourth-order valence-corrected chi connectivity index (χ4v) is 1.65. The van der Waals surface area contributed by atoms with Crippen LogP contribution in [0.3, 0.4) is 0 Å². The summed E-state index contributed by atoms with van der Waals surface area (Å²) in [5.74, 6) is 2.36. The third-order valence-electron chi connectivity index (χ3n) is 2.77. The lowest BCUT2D eigenvalue weighted by Gasteiger charge is -2.13. The largest absolute Gasteiger partial charge is 0.373 e. The van der Waals surface area contributed by atoms with Crippen LogP contribution in [-0.4, -0.2) is 30.0 Å². The molecule has 0 saturated heterocycles. The van der Waals surface area contributed by atoms with E-state index in [0.29, 0.717) is 17.6 Å². The van der Waals surface area contributed by atoms with E-state index in [9.17, 15) is 8.78 Å². The van der Waals surface area contributed by atoms with Crippen molar-refractivity contribution < 1.29 is 8.78 Å². The molecule has 94 valence electrons. The van der Waals surface area contributed by atoms with Gasteiger partial charge in [-0.2, -0.15) is 0 Å². The SMILES string of the molecule is CNc1nc(C2CC2)nc(NCC(F)F)c1C. The molecule has 17 heavy (non-hydrogen) atoms. The Hall–Kier alpha value is -1.46. The first-order valence-corrected chi connectivity index (χ1v) is 5.70. The Morgan fingerprint density at radius 1 is 1.29 bits per heavy atom. The molecular weight excluding hydrogens is 226 g/mol. The first-order chi connectivity index (χ1) is 8.11. The molecule has 6 heteroatoms. The molecule has 1 aromatic rings. The number of halogens is 2. The lowest BCUT2D eigenvalue weighted by atomic mass is 10.2.